The van der Waals surface area contributed by atoms with Gasteiger partial charge < -0.3 is 4.90 Å². The zero-order valence-electron chi connectivity index (χ0n) is 9.52. The van der Waals surface area contributed by atoms with Crippen LogP contribution in [0.4, 0.5) is 5.69 Å². The van der Waals surface area contributed by atoms with Crippen molar-refractivity contribution in [2.75, 3.05) is 18.5 Å². The summed E-state index contributed by atoms with van der Waals surface area (Å²) >= 11 is 6.02. The maximum Gasteiger partial charge on any atom is 0.0722 e. The number of para-hydroxylation sites is 1. The molecule has 0 amide bonds. The molecule has 0 fully saturated rings. The highest BCUT2D eigenvalue weighted by Crippen LogP contribution is 2.24. The van der Waals surface area contributed by atoms with Gasteiger partial charge in [-0.15, -0.1) is 11.6 Å². The quantitative estimate of drug-likeness (QED) is 0.758. The fourth-order valence-corrected chi connectivity index (χ4v) is 2.10. The van der Waals surface area contributed by atoms with Crippen LogP contribution in [0.2, 0.25) is 0 Å². The number of pyridine rings is 1. The molecule has 0 saturated carbocycles. The lowest BCUT2D eigenvalue weighted by Crippen LogP contribution is -2.24. The van der Waals surface area contributed by atoms with Crippen LogP contribution in [0.3, 0.4) is 0 Å². The van der Waals surface area contributed by atoms with Gasteiger partial charge in [0.25, 0.3) is 0 Å². The van der Waals surface area contributed by atoms with E-state index in [4.69, 9.17) is 11.6 Å². The summed E-state index contributed by atoms with van der Waals surface area (Å²) in [5, 5.41) is 1.31. The molecule has 2 nitrogen and oxygen atoms in total. The molecule has 16 heavy (non-hydrogen) atoms. The summed E-state index contributed by atoms with van der Waals surface area (Å²) in [6.07, 6.45) is 1.84. The Morgan fingerprint density at radius 2 is 2.06 bits per heavy atom. The van der Waals surface area contributed by atoms with E-state index in [-0.39, 0.29) is 5.38 Å². The summed E-state index contributed by atoms with van der Waals surface area (Å²) in [4.78, 5) is 6.51. The Kier molecular flexibility index (Phi) is 3.30. The second-order valence-corrected chi connectivity index (χ2v) is 4.75. The van der Waals surface area contributed by atoms with Gasteiger partial charge in [-0.1, -0.05) is 18.2 Å². The fraction of sp³-hybridized carbons (Fsp3) is 0.308. The largest absolute Gasteiger partial charge is 0.373 e. The normalized spacial score (nSPS) is 12.7. The summed E-state index contributed by atoms with van der Waals surface area (Å²) in [5.41, 5.74) is 2.20. The van der Waals surface area contributed by atoms with Crippen molar-refractivity contribution in [2.24, 2.45) is 0 Å². The summed E-state index contributed by atoms with van der Waals surface area (Å²) in [6, 6.07) is 10.2. The maximum absolute atomic E-state index is 6.02. The molecule has 0 N–H and O–H groups in total. The van der Waals surface area contributed by atoms with Gasteiger partial charge in [-0.2, -0.15) is 0 Å². The number of hydrogen-bond donors (Lipinski definition) is 0. The predicted molar refractivity (Wildman–Crippen MR) is 70.3 cm³/mol. The number of nitrogens with zero attached hydrogens (tertiary/aromatic N) is 2. The lowest BCUT2D eigenvalue weighted by molar-refractivity contribution is 0.862. The topological polar surface area (TPSA) is 16.1 Å². The SMILES string of the molecule is CC(Cl)CN(C)c1ccnc2ccccc12. The van der Waals surface area contributed by atoms with Crippen molar-refractivity contribution in [3.63, 3.8) is 0 Å². The molecule has 1 atom stereocenters. The molecule has 3 heteroatoms. The molecule has 0 aliphatic carbocycles. The molecule has 1 aromatic heterocycles. The van der Waals surface area contributed by atoms with Crippen molar-refractivity contribution in [1.29, 1.82) is 0 Å². The third-order valence-electron chi connectivity index (χ3n) is 2.56. The minimum absolute atomic E-state index is 0.136. The number of alkyl halides is 1. The molecule has 2 aromatic rings. The van der Waals surface area contributed by atoms with Crippen molar-refractivity contribution < 1.29 is 0 Å². The minimum atomic E-state index is 0.136. The number of benzene rings is 1. The van der Waals surface area contributed by atoms with Crippen LogP contribution in [0.5, 0.6) is 0 Å². The standard InChI is InChI=1S/C13H15ClN2/c1-10(14)9-16(2)13-7-8-15-12-6-4-3-5-11(12)13/h3-8,10H,9H2,1-2H3. The molecule has 0 bridgehead atoms. The fourth-order valence-electron chi connectivity index (χ4n) is 1.89. The number of aromatic nitrogens is 1. The molecule has 84 valence electrons. The first-order chi connectivity index (χ1) is 7.68. The Bertz CT molecular complexity index is 477. The average molecular weight is 235 g/mol. The van der Waals surface area contributed by atoms with E-state index in [1.807, 2.05) is 37.4 Å². The molecular weight excluding hydrogens is 220 g/mol. The Labute approximate surface area is 101 Å². The second-order valence-electron chi connectivity index (χ2n) is 4.01. The van der Waals surface area contributed by atoms with Crippen LogP contribution in [0, 0.1) is 0 Å². The first-order valence-corrected chi connectivity index (χ1v) is 5.81. The Balaban J connectivity index is 2.44. The van der Waals surface area contributed by atoms with Gasteiger partial charge in [0.1, 0.15) is 0 Å². The first kappa shape index (κ1) is 11.2. The number of halogens is 1. The monoisotopic (exact) mass is 234 g/mol. The van der Waals surface area contributed by atoms with Crippen LogP contribution in [0.1, 0.15) is 6.92 Å². The van der Waals surface area contributed by atoms with E-state index in [2.05, 4.69) is 23.0 Å². The molecule has 1 unspecified atom stereocenters. The van der Waals surface area contributed by atoms with E-state index in [0.29, 0.717) is 0 Å². The van der Waals surface area contributed by atoms with Gasteiger partial charge in [-0.25, -0.2) is 0 Å². The number of anilines is 1. The van der Waals surface area contributed by atoms with Gasteiger partial charge in [0.05, 0.1) is 5.52 Å². The summed E-state index contributed by atoms with van der Waals surface area (Å²) in [5.74, 6) is 0. The molecule has 1 heterocycles. The third-order valence-corrected chi connectivity index (χ3v) is 2.70. The van der Waals surface area contributed by atoms with Crippen molar-refractivity contribution in [3.8, 4) is 0 Å². The van der Waals surface area contributed by atoms with Crippen molar-refractivity contribution in [3.05, 3.63) is 36.5 Å². The van der Waals surface area contributed by atoms with Gasteiger partial charge in [-0.05, 0) is 19.1 Å². The lowest BCUT2D eigenvalue weighted by Gasteiger charge is -2.21. The van der Waals surface area contributed by atoms with Gasteiger partial charge in [-0.3, -0.25) is 4.98 Å². The highest BCUT2D eigenvalue weighted by Gasteiger charge is 2.08. The van der Waals surface area contributed by atoms with Gasteiger partial charge in [0.15, 0.2) is 0 Å². The first-order valence-electron chi connectivity index (χ1n) is 5.37. The second kappa shape index (κ2) is 4.71. The zero-order chi connectivity index (χ0) is 11.5. The third kappa shape index (κ3) is 2.27. The van der Waals surface area contributed by atoms with E-state index in [1.165, 1.54) is 11.1 Å². The summed E-state index contributed by atoms with van der Waals surface area (Å²) in [6.45, 7) is 2.83. The Morgan fingerprint density at radius 1 is 1.31 bits per heavy atom. The van der Waals surface area contributed by atoms with Crippen LogP contribution in [-0.4, -0.2) is 24.0 Å². The van der Waals surface area contributed by atoms with E-state index in [9.17, 15) is 0 Å². The van der Waals surface area contributed by atoms with Crippen LogP contribution in [0.15, 0.2) is 36.5 Å². The molecule has 0 aliphatic rings. The number of rotatable bonds is 3. The van der Waals surface area contributed by atoms with Crippen molar-refractivity contribution >= 4 is 28.2 Å². The predicted octanol–water partition coefficient (Wildman–Crippen LogP) is 3.30. The maximum atomic E-state index is 6.02. The van der Waals surface area contributed by atoms with Crippen LogP contribution < -0.4 is 4.90 Å². The zero-order valence-corrected chi connectivity index (χ0v) is 10.3. The highest BCUT2D eigenvalue weighted by molar-refractivity contribution is 6.20. The smallest absolute Gasteiger partial charge is 0.0722 e. The van der Waals surface area contributed by atoms with Crippen molar-refractivity contribution in [2.45, 2.75) is 12.3 Å². The molecule has 1 aromatic carbocycles. The van der Waals surface area contributed by atoms with Gasteiger partial charge in [0.2, 0.25) is 0 Å². The minimum Gasteiger partial charge on any atom is -0.373 e. The van der Waals surface area contributed by atoms with E-state index < -0.39 is 0 Å². The lowest BCUT2D eigenvalue weighted by atomic mass is 10.1. The van der Waals surface area contributed by atoms with Crippen molar-refractivity contribution in [1.82, 2.24) is 4.98 Å². The molecule has 0 saturated heterocycles. The van der Waals surface area contributed by atoms with E-state index >= 15 is 0 Å². The average Bonchev–Trinajstić information content (AvgIpc) is 2.27. The van der Waals surface area contributed by atoms with Crippen LogP contribution in [-0.2, 0) is 0 Å². The van der Waals surface area contributed by atoms with Gasteiger partial charge in [0, 0.05) is 36.2 Å². The number of fused-ring (bicyclic) bond motifs is 1. The van der Waals surface area contributed by atoms with E-state index in [0.717, 1.165) is 12.1 Å². The Morgan fingerprint density at radius 3 is 2.81 bits per heavy atom. The molecule has 0 spiro atoms. The van der Waals surface area contributed by atoms with Gasteiger partial charge >= 0.3 is 0 Å². The molecule has 2 rings (SSSR count). The number of hydrogen-bond acceptors (Lipinski definition) is 2. The highest BCUT2D eigenvalue weighted by atomic mass is 35.5. The molecule has 0 aliphatic heterocycles. The van der Waals surface area contributed by atoms with E-state index in [1.54, 1.807) is 0 Å². The molecular formula is C13H15ClN2. The van der Waals surface area contributed by atoms with Crippen LogP contribution in [0.25, 0.3) is 10.9 Å². The summed E-state index contributed by atoms with van der Waals surface area (Å²) < 4.78 is 0. The van der Waals surface area contributed by atoms with Crippen LogP contribution >= 0.6 is 11.6 Å². The molecule has 0 radical (unpaired) electrons. The Hall–Kier alpha value is -1.28. The summed E-state index contributed by atoms with van der Waals surface area (Å²) in [7, 11) is 2.06.